The SMILES string of the molecule is O=C(N1CCC(C(F)(F)C(=O)O)C1)C(F)(F)F. The van der Waals surface area contributed by atoms with Crippen LogP contribution in [0.15, 0.2) is 0 Å². The number of carbonyl (C=O) groups excluding carboxylic acids is 1. The molecule has 1 saturated heterocycles. The Morgan fingerprint density at radius 2 is 1.71 bits per heavy atom. The van der Waals surface area contributed by atoms with Crippen molar-refractivity contribution in [2.24, 2.45) is 5.92 Å². The zero-order valence-electron chi connectivity index (χ0n) is 8.30. The minimum absolute atomic E-state index is 0.196. The number of hydrogen-bond donors (Lipinski definition) is 1. The highest BCUT2D eigenvalue weighted by molar-refractivity contribution is 5.82. The van der Waals surface area contributed by atoms with Gasteiger partial charge in [0, 0.05) is 13.1 Å². The van der Waals surface area contributed by atoms with Crippen LogP contribution in [0, 0.1) is 5.92 Å². The van der Waals surface area contributed by atoms with Crippen LogP contribution in [0.5, 0.6) is 0 Å². The van der Waals surface area contributed by atoms with Crippen LogP contribution in [-0.2, 0) is 9.59 Å². The first-order chi connectivity index (χ1) is 7.56. The molecule has 9 heteroatoms. The number of nitrogens with zero attached hydrogens (tertiary/aromatic N) is 1. The molecule has 0 spiro atoms. The second-order valence-electron chi connectivity index (χ2n) is 3.66. The molecule has 1 N–H and O–H groups in total. The number of aliphatic carboxylic acids is 1. The lowest BCUT2D eigenvalue weighted by molar-refractivity contribution is -0.186. The Hall–Kier alpha value is -1.41. The first-order valence-electron chi connectivity index (χ1n) is 4.54. The van der Waals surface area contributed by atoms with Gasteiger partial charge in [0.05, 0.1) is 5.92 Å². The van der Waals surface area contributed by atoms with Crippen molar-refractivity contribution in [3.63, 3.8) is 0 Å². The molecule has 0 aliphatic carbocycles. The van der Waals surface area contributed by atoms with Gasteiger partial charge in [0.15, 0.2) is 0 Å². The van der Waals surface area contributed by atoms with Crippen LogP contribution in [-0.4, -0.2) is 47.1 Å². The Bertz CT molecular complexity index is 341. The van der Waals surface area contributed by atoms with Gasteiger partial charge in [0.1, 0.15) is 0 Å². The lowest BCUT2D eigenvalue weighted by atomic mass is 10.0. The van der Waals surface area contributed by atoms with Crippen molar-refractivity contribution in [2.45, 2.75) is 18.5 Å². The Balaban J connectivity index is 2.72. The molecule has 0 aromatic heterocycles. The summed E-state index contributed by atoms with van der Waals surface area (Å²) in [5.41, 5.74) is 0. The number of carboxylic acid groups (broad SMARTS) is 1. The third-order valence-electron chi connectivity index (χ3n) is 2.52. The molecular weight excluding hydrogens is 253 g/mol. The molecule has 1 heterocycles. The number of carboxylic acids is 1. The summed E-state index contributed by atoms with van der Waals surface area (Å²) in [6.07, 6.45) is -5.60. The van der Waals surface area contributed by atoms with E-state index in [1.807, 2.05) is 0 Å². The maximum atomic E-state index is 13.0. The van der Waals surface area contributed by atoms with Gasteiger partial charge in [-0.2, -0.15) is 22.0 Å². The van der Waals surface area contributed by atoms with E-state index in [0.717, 1.165) is 0 Å². The number of alkyl halides is 5. The molecule has 0 aromatic carbocycles. The van der Waals surface area contributed by atoms with Gasteiger partial charge in [-0.3, -0.25) is 4.79 Å². The summed E-state index contributed by atoms with van der Waals surface area (Å²) >= 11 is 0. The van der Waals surface area contributed by atoms with E-state index in [-0.39, 0.29) is 4.90 Å². The van der Waals surface area contributed by atoms with Crippen molar-refractivity contribution in [3.05, 3.63) is 0 Å². The highest BCUT2D eigenvalue weighted by Crippen LogP contribution is 2.34. The molecule has 0 saturated carbocycles. The maximum absolute atomic E-state index is 13.0. The van der Waals surface area contributed by atoms with E-state index < -0.39 is 49.4 Å². The molecule has 1 aliphatic rings. The van der Waals surface area contributed by atoms with E-state index in [2.05, 4.69) is 0 Å². The monoisotopic (exact) mass is 261 g/mol. The van der Waals surface area contributed by atoms with Gasteiger partial charge < -0.3 is 10.0 Å². The minimum Gasteiger partial charge on any atom is -0.477 e. The average molecular weight is 261 g/mol. The summed E-state index contributed by atoms with van der Waals surface area (Å²) in [6.45, 7) is -1.43. The van der Waals surface area contributed by atoms with Gasteiger partial charge in [-0.1, -0.05) is 0 Å². The van der Waals surface area contributed by atoms with E-state index in [1.54, 1.807) is 0 Å². The normalized spacial score (nSPS) is 21.7. The number of carbonyl (C=O) groups is 2. The fourth-order valence-electron chi connectivity index (χ4n) is 1.59. The Kier molecular flexibility index (Phi) is 3.30. The minimum atomic E-state index is -5.13. The van der Waals surface area contributed by atoms with Crippen LogP contribution >= 0.6 is 0 Å². The number of halogens is 5. The first-order valence-corrected chi connectivity index (χ1v) is 4.54. The average Bonchev–Trinajstić information content (AvgIpc) is 2.63. The summed E-state index contributed by atoms with van der Waals surface area (Å²) in [6, 6.07) is 0. The Morgan fingerprint density at radius 3 is 2.12 bits per heavy atom. The van der Waals surface area contributed by atoms with Crippen molar-refractivity contribution < 1.29 is 36.6 Å². The lowest BCUT2D eigenvalue weighted by Gasteiger charge is -2.20. The highest BCUT2D eigenvalue weighted by atomic mass is 19.4. The summed E-state index contributed by atoms with van der Waals surface area (Å²) in [4.78, 5) is 21.1. The molecule has 4 nitrogen and oxygen atoms in total. The molecule has 1 amide bonds. The molecule has 0 bridgehead atoms. The van der Waals surface area contributed by atoms with Crippen LogP contribution in [0.4, 0.5) is 22.0 Å². The van der Waals surface area contributed by atoms with Gasteiger partial charge in [0.25, 0.3) is 0 Å². The summed E-state index contributed by atoms with van der Waals surface area (Å²) in [5, 5.41) is 8.21. The smallest absolute Gasteiger partial charge is 0.471 e. The van der Waals surface area contributed by atoms with E-state index in [9.17, 15) is 31.5 Å². The highest BCUT2D eigenvalue weighted by Gasteiger charge is 2.53. The Morgan fingerprint density at radius 1 is 1.18 bits per heavy atom. The zero-order valence-corrected chi connectivity index (χ0v) is 8.30. The zero-order chi connectivity index (χ0) is 13.4. The predicted octanol–water partition coefficient (Wildman–Crippen LogP) is 1.12. The third-order valence-corrected chi connectivity index (χ3v) is 2.52. The van der Waals surface area contributed by atoms with E-state index in [4.69, 9.17) is 5.11 Å². The van der Waals surface area contributed by atoms with Gasteiger partial charge in [-0.25, -0.2) is 4.79 Å². The van der Waals surface area contributed by atoms with Crippen LogP contribution in [0.2, 0.25) is 0 Å². The topological polar surface area (TPSA) is 57.6 Å². The fourth-order valence-corrected chi connectivity index (χ4v) is 1.59. The van der Waals surface area contributed by atoms with Crippen molar-refractivity contribution in [1.82, 2.24) is 4.90 Å². The van der Waals surface area contributed by atoms with Gasteiger partial charge in [-0.15, -0.1) is 0 Å². The third kappa shape index (κ3) is 2.64. The summed E-state index contributed by atoms with van der Waals surface area (Å²) < 4.78 is 61.9. The Labute approximate surface area is 92.0 Å². The molecule has 1 fully saturated rings. The van der Waals surface area contributed by atoms with Crippen LogP contribution < -0.4 is 0 Å². The van der Waals surface area contributed by atoms with E-state index >= 15 is 0 Å². The molecule has 1 rings (SSSR count). The quantitative estimate of drug-likeness (QED) is 0.758. The van der Waals surface area contributed by atoms with Gasteiger partial charge in [0.2, 0.25) is 0 Å². The lowest BCUT2D eigenvalue weighted by Crippen LogP contribution is -2.43. The molecule has 1 atom stereocenters. The largest absolute Gasteiger partial charge is 0.477 e. The number of likely N-dealkylation sites (tertiary alicyclic amines) is 1. The van der Waals surface area contributed by atoms with E-state index in [1.165, 1.54) is 0 Å². The van der Waals surface area contributed by atoms with Gasteiger partial charge in [-0.05, 0) is 6.42 Å². The fraction of sp³-hybridized carbons (Fsp3) is 0.750. The van der Waals surface area contributed by atoms with Crippen LogP contribution in [0.1, 0.15) is 6.42 Å². The summed E-state index contributed by atoms with van der Waals surface area (Å²) in [5.74, 6) is -10.5. The van der Waals surface area contributed by atoms with Crippen molar-refractivity contribution >= 4 is 11.9 Å². The summed E-state index contributed by atoms with van der Waals surface area (Å²) in [7, 11) is 0. The van der Waals surface area contributed by atoms with Crippen molar-refractivity contribution in [3.8, 4) is 0 Å². The standard InChI is InChI=1S/C8H8F5NO3/c9-7(10,6(16)17)4-1-2-14(3-4)5(15)8(11,12)13/h4H,1-3H2,(H,16,17). The number of rotatable bonds is 2. The van der Waals surface area contributed by atoms with E-state index in [0.29, 0.717) is 0 Å². The molecule has 0 aromatic rings. The second kappa shape index (κ2) is 4.11. The van der Waals surface area contributed by atoms with Gasteiger partial charge >= 0.3 is 24.0 Å². The van der Waals surface area contributed by atoms with Crippen molar-refractivity contribution in [2.75, 3.05) is 13.1 Å². The molecular formula is C8H8F5NO3. The molecule has 0 radical (unpaired) electrons. The molecule has 1 aliphatic heterocycles. The molecule has 17 heavy (non-hydrogen) atoms. The second-order valence-corrected chi connectivity index (χ2v) is 3.66. The maximum Gasteiger partial charge on any atom is 0.471 e. The first kappa shape index (κ1) is 13.7. The molecule has 98 valence electrons. The van der Waals surface area contributed by atoms with Crippen LogP contribution in [0.3, 0.4) is 0 Å². The predicted molar refractivity (Wildman–Crippen MR) is 43.3 cm³/mol. The van der Waals surface area contributed by atoms with Crippen LogP contribution in [0.25, 0.3) is 0 Å². The number of hydrogen-bond acceptors (Lipinski definition) is 2. The molecule has 1 unspecified atom stereocenters. The van der Waals surface area contributed by atoms with Crippen molar-refractivity contribution in [1.29, 1.82) is 0 Å². The number of amides is 1.